The largest absolute Gasteiger partial charge is 0.481 e. The molecule has 2 aromatic rings. The van der Waals surface area contributed by atoms with Crippen LogP contribution < -0.4 is 64.2 Å². The fourth-order valence-electron chi connectivity index (χ4n) is 16.2. The van der Waals surface area contributed by atoms with Crippen LogP contribution in [0.5, 0.6) is 0 Å². The lowest BCUT2D eigenvalue weighted by Crippen LogP contribution is -2.59. The average molecular weight is 2050 g/mol. The summed E-state index contributed by atoms with van der Waals surface area (Å²) in [7, 11) is -1.33. The zero-order valence-electron chi connectivity index (χ0n) is 83.4. The summed E-state index contributed by atoms with van der Waals surface area (Å²) >= 11 is 0. The van der Waals surface area contributed by atoms with E-state index >= 15 is 0 Å². The number of phosphoric acid groups is 1. The first-order valence-electron chi connectivity index (χ1n) is 47.4. The van der Waals surface area contributed by atoms with Gasteiger partial charge in [0.2, 0.25) is 70.9 Å². The van der Waals surface area contributed by atoms with Gasteiger partial charge in [-0.3, -0.25) is 95.3 Å². The number of urea groups is 1. The molecule has 0 saturated carbocycles. The van der Waals surface area contributed by atoms with Gasteiger partial charge in [-0.05, 0) is 100 Å². The number of methoxy groups -OCH3 is 2. The first kappa shape index (κ1) is 122. The van der Waals surface area contributed by atoms with E-state index in [0.29, 0.717) is 41.8 Å². The second kappa shape index (κ2) is 61.3. The lowest BCUT2D eigenvalue weighted by molar-refractivity contribution is -0.148. The maximum atomic E-state index is 14.7. The van der Waals surface area contributed by atoms with Crippen LogP contribution in [-0.2, 0) is 135 Å². The van der Waals surface area contributed by atoms with Crippen molar-refractivity contribution in [2.45, 2.75) is 238 Å². The standard InChI is InChI=1S/C92H146N16O32P2/c1-16-57(8)80(106(13)90(124)78(55(4)5)104-89(123)79(56(6)7)105(11)12)69(132-14)51-75(114)107-39-21-25-67(107)81(133-15)58(9)83(117)97-59(10)82(61-22-18-17-19-23-61)140-142(130,131)139-53-60-26-28-62(29-27-60)98-84(118)63(24-20-37-95-92(93)126)102-88(122)77(54(2)3)103-85(119)64(30-33-76(115)116)101-86(120)66(50-72(111)99-65-34-41-138-91(65)125)100-71(110)35-40-134-43-45-136-47-48-137-46-44-135-42-38-94-87(121)68(108-73(112)31-32-74(108)113)52-96-70(109)36-49-141(127,128)129/h17-19,22-23,26-29,31-32,54-59,63-69,77-82H,16,20-21,24-25,30,33-53H2,1-15H3,(H,94,121)(H,96,109)(H,97,117)(H,98,118)(H,99,111)(H,100,110)(H,101,120)(H,102,122)(H,103,119)(H,104,123)(H,115,116)(H,130,131)(H3,93,95,126)(H2,127,128,129)/t57-,58+,59+,63-,64-,65-,66-,67-,68-,69+,77-,78-,79-,80-,81+,82+/m0/s1. The maximum Gasteiger partial charge on any atom is 0.473 e. The van der Waals surface area contributed by atoms with E-state index in [0.717, 1.165) is 12.2 Å². The number of carboxylic acids is 1. The predicted molar refractivity (Wildman–Crippen MR) is 511 cm³/mol. The number of likely N-dealkylation sites (tertiary alicyclic amines) is 1. The van der Waals surface area contributed by atoms with Crippen molar-refractivity contribution < 1.29 is 153 Å². The van der Waals surface area contributed by atoms with Gasteiger partial charge in [-0.25, -0.2) is 14.2 Å². The molecular weight excluding hydrogens is 1900 g/mol. The Morgan fingerprint density at radius 3 is 1.74 bits per heavy atom. The first-order valence-corrected chi connectivity index (χ1v) is 50.7. The number of carboxylic acid groups (broad SMARTS) is 1. The number of amides is 16. The van der Waals surface area contributed by atoms with Gasteiger partial charge in [0.25, 0.3) is 11.8 Å². The summed E-state index contributed by atoms with van der Waals surface area (Å²) in [6, 6.07) is 0.520. The molecule has 142 heavy (non-hydrogen) atoms. The van der Waals surface area contributed by atoms with Crippen LogP contribution >= 0.6 is 15.4 Å². The highest BCUT2D eigenvalue weighted by molar-refractivity contribution is 7.51. The molecule has 3 aliphatic rings. The van der Waals surface area contributed by atoms with Crippen molar-refractivity contribution in [1.29, 1.82) is 0 Å². The van der Waals surface area contributed by atoms with Gasteiger partial charge in [0.05, 0.1) is 127 Å². The van der Waals surface area contributed by atoms with E-state index in [-0.39, 0.29) is 139 Å². The third-order valence-electron chi connectivity index (χ3n) is 23.9. The highest BCUT2D eigenvalue weighted by atomic mass is 31.2. The van der Waals surface area contributed by atoms with E-state index in [2.05, 4.69) is 58.5 Å². The van der Waals surface area contributed by atoms with Gasteiger partial charge in [0.15, 0.2) is 0 Å². The molecule has 0 bridgehead atoms. The lowest BCUT2D eigenvalue weighted by atomic mass is 9.89. The molecule has 17 atom stereocenters. The zero-order chi connectivity index (χ0) is 106. The molecule has 0 aromatic heterocycles. The third kappa shape index (κ3) is 41.5. The molecule has 1 unspecified atom stereocenters. The second-order valence-corrected chi connectivity index (χ2v) is 39.3. The Morgan fingerprint density at radius 2 is 1.18 bits per heavy atom. The molecule has 3 aliphatic heterocycles. The number of hydrogen-bond acceptors (Lipinski definition) is 29. The number of anilines is 1. The summed E-state index contributed by atoms with van der Waals surface area (Å²) < 4.78 is 75.8. The number of primary amides is 1. The Kier molecular flexibility index (Phi) is 52.5. The van der Waals surface area contributed by atoms with Crippen LogP contribution in [0.1, 0.15) is 164 Å². The predicted octanol–water partition coefficient (Wildman–Crippen LogP) is 0.433. The number of carbonyl (C=O) groups is 17. The number of imide groups is 1. The van der Waals surface area contributed by atoms with Gasteiger partial charge in [0.1, 0.15) is 48.4 Å². The molecule has 2 aromatic carbocycles. The number of likely N-dealkylation sites (N-methyl/N-ethyl adjacent to an activating group) is 2. The number of hydrogen-bond donors (Lipinski definition) is 16. The zero-order valence-corrected chi connectivity index (χ0v) is 85.2. The van der Waals surface area contributed by atoms with Crippen molar-refractivity contribution in [3.63, 3.8) is 0 Å². The van der Waals surface area contributed by atoms with E-state index in [1.54, 1.807) is 61.0 Å². The van der Waals surface area contributed by atoms with E-state index in [4.69, 9.17) is 57.7 Å². The summed E-state index contributed by atoms with van der Waals surface area (Å²) in [5.74, 6) is -14.9. The summed E-state index contributed by atoms with van der Waals surface area (Å²) in [6.45, 7) is 17.0. The van der Waals surface area contributed by atoms with Crippen LogP contribution in [0.4, 0.5) is 10.5 Å². The normalized spacial score (nSPS) is 17.7. The smallest absolute Gasteiger partial charge is 0.473 e. The average Bonchev–Trinajstić information content (AvgIpc) is 1.55. The molecule has 50 heteroatoms. The molecule has 0 radical (unpaired) electrons. The maximum absolute atomic E-state index is 14.7. The number of benzene rings is 2. The van der Waals surface area contributed by atoms with Crippen molar-refractivity contribution in [1.82, 2.24) is 72.8 Å². The van der Waals surface area contributed by atoms with Crippen LogP contribution in [-0.4, -0.2) is 346 Å². The number of nitrogens with two attached hydrogens (primary N) is 1. The van der Waals surface area contributed by atoms with Crippen LogP contribution in [0, 0.1) is 29.6 Å². The minimum absolute atomic E-state index is 0.0193. The number of nitrogens with zero attached hydrogens (tertiary/aromatic N) is 4. The fourth-order valence-corrected chi connectivity index (χ4v) is 17.7. The van der Waals surface area contributed by atoms with Crippen molar-refractivity contribution in [2.75, 3.05) is 132 Å². The Bertz CT molecular complexity index is 4620. The summed E-state index contributed by atoms with van der Waals surface area (Å²) in [5, 5.41) is 38.0. The number of esters is 1. The third-order valence-corrected chi connectivity index (χ3v) is 25.7. The Hall–Kier alpha value is -10.9. The van der Waals surface area contributed by atoms with Crippen molar-refractivity contribution in [3.8, 4) is 0 Å². The molecule has 3 heterocycles. The number of cyclic esters (lactones) is 1. The molecule has 48 nitrogen and oxygen atoms in total. The molecule has 2 saturated heterocycles. The van der Waals surface area contributed by atoms with Gasteiger partial charge in [-0.1, -0.05) is 111 Å². The van der Waals surface area contributed by atoms with Crippen LogP contribution in [0.2, 0.25) is 0 Å². The number of aliphatic carboxylic acids is 1. The summed E-state index contributed by atoms with van der Waals surface area (Å²) in [6.07, 6.45) is -3.41. The van der Waals surface area contributed by atoms with Gasteiger partial charge in [0, 0.05) is 91.0 Å². The van der Waals surface area contributed by atoms with Gasteiger partial charge in [-0.2, -0.15) is 0 Å². The topological polar surface area (TPSA) is 660 Å². The number of carbonyl (C=O) groups excluding carboxylic acids is 16. The van der Waals surface area contributed by atoms with E-state index in [9.17, 15) is 101 Å². The number of phosphoric ester groups is 1. The van der Waals surface area contributed by atoms with Gasteiger partial charge < -0.3 is 127 Å². The molecular formula is C92H146N16O32P2. The molecule has 0 aliphatic carbocycles. The Balaban J connectivity index is 1.17. The van der Waals surface area contributed by atoms with E-state index in [1.807, 2.05) is 60.5 Å². The van der Waals surface area contributed by atoms with Crippen LogP contribution in [0.15, 0.2) is 66.7 Å². The quantitative estimate of drug-likeness (QED) is 0.0185. The Morgan fingerprint density at radius 1 is 0.592 bits per heavy atom. The molecule has 2 fully saturated rings. The SMILES string of the molecule is CC[C@H](C)[C@@H]([C@@H](CC(=O)N1CCC[C@H]1[C@H](OC)[C@@H](C)C(=O)N[C@H](C)[C@@H](OP(=O)(O)OCc1ccc(NC(=O)[C@H](CCCNC(N)=O)NC(=O)[C@@H](NC(=O)[C@H](CCC(=O)O)NC(=O)[C@H](CC(=O)N[C@H]2CCOC2=O)NC(=O)CCOCCOCCOCCOCCNC(=O)[C@H](CNC(=O)CCP(=O)(O)O)N2C(=O)C=CC2=O)C(C)C)cc1)c1ccccc1)OC)N(C)C(=O)[C@@H](NC(=O)[C@H](C(C)C)N(C)C)C(C)C. The van der Waals surface area contributed by atoms with Crippen molar-refractivity contribution >= 4 is 122 Å². The second-order valence-electron chi connectivity index (χ2n) is 36.1. The highest BCUT2D eigenvalue weighted by Crippen LogP contribution is 2.50. The molecule has 17 N–H and O–H groups in total. The van der Waals surface area contributed by atoms with Gasteiger partial charge >= 0.3 is 33.4 Å². The van der Waals surface area contributed by atoms with E-state index in [1.165, 1.54) is 52.3 Å². The summed E-state index contributed by atoms with van der Waals surface area (Å²) in [4.78, 5) is 263. The first-order chi connectivity index (χ1) is 67.0. The van der Waals surface area contributed by atoms with Crippen molar-refractivity contribution in [3.05, 3.63) is 77.9 Å². The van der Waals surface area contributed by atoms with E-state index < -0.39 is 246 Å². The molecule has 0 spiro atoms. The molecule has 796 valence electrons. The van der Waals surface area contributed by atoms with Gasteiger partial charge in [-0.15, -0.1) is 0 Å². The van der Waals surface area contributed by atoms with Crippen LogP contribution in [0.3, 0.4) is 0 Å². The number of nitrogens with one attached hydrogen (secondary N) is 11. The number of ether oxygens (including phenoxy) is 7. The number of rotatable bonds is 67. The summed E-state index contributed by atoms with van der Waals surface area (Å²) in [5.41, 5.74) is 6.13. The fraction of sp³-hybridized carbons (Fsp3) is 0.663. The van der Waals surface area contributed by atoms with Crippen molar-refractivity contribution in [2.24, 2.45) is 35.3 Å². The lowest BCUT2D eigenvalue weighted by Gasteiger charge is -2.41. The Labute approximate surface area is 826 Å². The minimum Gasteiger partial charge on any atom is -0.481 e. The highest BCUT2D eigenvalue weighted by Gasteiger charge is 2.46. The van der Waals surface area contributed by atoms with Crippen LogP contribution in [0.25, 0.3) is 0 Å². The molecule has 16 amide bonds. The monoisotopic (exact) mass is 2050 g/mol. The minimum atomic E-state index is -5.05. The molecule has 5 rings (SSSR count).